The van der Waals surface area contributed by atoms with Gasteiger partial charge in [0.25, 0.3) is 0 Å². The SMILES string of the molecule is COc1cc(Br)c(CC2CCCN2)cc1O. The van der Waals surface area contributed by atoms with Crippen LogP contribution in [0.3, 0.4) is 0 Å². The molecule has 1 unspecified atom stereocenters. The Kier molecular flexibility index (Phi) is 3.71. The fourth-order valence-corrected chi connectivity index (χ4v) is 2.59. The molecule has 0 aliphatic carbocycles. The minimum atomic E-state index is 0.207. The van der Waals surface area contributed by atoms with Gasteiger partial charge in [0.15, 0.2) is 11.5 Å². The van der Waals surface area contributed by atoms with Gasteiger partial charge in [-0.3, -0.25) is 0 Å². The average Bonchev–Trinajstić information content (AvgIpc) is 2.75. The van der Waals surface area contributed by atoms with Gasteiger partial charge in [-0.25, -0.2) is 0 Å². The summed E-state index contributed by atoms with van der Waals surface area (Å²) in [6, 6.07) is 4.13. The van der Waals surface area contributed by atoms with Gasteiger partial charge in [-0.2, -0.15) is 0 Å². The van der Waals surface area contributed by atoms with E-state index in [1.807, 2.05) is 6.07 Å². The Morgan fingerprint density at radius 1 is 1.56 bits per heavy atom. The van der Waals surface area contributed by atoms with Crippen LogP contribution in [0.15, 0.2) is 16.6 Å². The highest BCUT2D eigenvalue weighted by molar-refractivity contribution is 9.10. The Bertz CT molecular complexity index is 376. The van der Waals surface area contributed by atoms with E-state index in [1.54, 1.807) is 13.2 Å². The van der Waals surface area contributed by atoms with Crippen molar-refractivity contribution in [1.82, 2.24) is 5.32 Å². The molecular formula is C12H16BrNO2. The highest BCUT2D eigenvalue weighted by Crippen LogP contribution is 2.33. The zero-order valence-corrected chi connectivity index (χ0v) is 10.9. The Hall–Kier alpha value is -0.740. The van der Waals surface area contributed by atoms with Gasteiger partial charge in [0.1, 0.15) is 0 Å². The number of rotatable bonds is 3. The van der Waals surface area contributed by atoms with Crippen LogP contribution in [-0.2, 0) is 6.42 Å². The molecule has 1 aromatic carbocycles. The lowest BCUT2D eigenvalue weighted by Crippen LogP contribution is -2.23. The fourth-order valence-electron chi connectivity index (χ4n) is 2.10. The number of hydrogen-bond donors (Lipinski definition) is 2. The summed E-state index contributed by atoms with van der Waals surface area (Å²) in [6.07, 6.45) is 3.39. The second-order valence-electron chi connectivity index (χ2n) is 4.11. The van der Waals surface area contributed by atoms with E-state index in [0.717, 1.165) is 23.0 Å². The van der Waals surface area contributed by atoms with Gasteiger partial charge in [0, 0.05) is 10.5 Å². The minimum Gasteiger partial charge on any atom is -0.504 e. The lowest BCUT2D eigenvalue weighted by molar-refractivity contribution is 0.372. The van der Waals surface area contributed by atoms with E-state index in [2.05, 4.69) is 21.2 Å². The fraction of sp³-hybridized carbons (Fsp3) is 0.500. The molecule has 1 fully saturated rings. The summed E-state index contributed by atoms with van der Waals surface area (Å²) in [6.45, 7) is 1.10. The molecule has 0 aromatic heterocycles. The highest BCUT2D eigenvalue weighted by Gasteiger charge is 2.17. The van der Waals surface area contributed by atoms with E-state index in [1.165, 1.54) is 12.8 Å². The summed E-state index contributed by atoms with van der Waals surface area (Å²) in [5, 5.41) is 13.2. The zero-order chi connectivity index (χ0) is 11.5. The average molecular weight is 286 g/mol. The molecule has 1 heterocycles. The van der Waals surface area contributed by atoms with E-state index in [-0.39, 0.29) is 5.75 Å². The predicted molar refractivity (Wildman–Crippen MR) is 67.1 cm³/mol. The summed E-state index contributed by atoms with van der Waals surface area (Å²) < 4.78 is 6.05. The van der Waals surface area contributed by atoms with Gasteiger partial charge in [-0.05, 0) is 43.5 Å². The van der Waals surface area contributed by atoms with Crippen molar-refractivity contribution in [3.63, 3.8) is 0 Å². The number of phenolic OH excluding ortho intramolecular Hbond substituents is 1. The number of benzene rings is 1. The van der Waals surface area contributed by atoms with Gasteiger partial charge < -0.3 is 15.2 Å². The van der Waals surface area contributed by atoms with Crippen LogP contribution in [0, 0.1) is 0 Å². The van der Waals surface area contributed by atoms with Crippen molar-refractivity contribution < 1.29 is 9.84 Å². The summed E-state index contributed by atoms with van der Waals surface area (Å²) in [5.41, 5.74) is 1.12. The first kappa shape index (κ1) is 11.7. The lowest BCUT2D eigenvalue weighted by atomic mass is 10.0. The standard InChI is InChI=1S/C12H16BrNO2/c1-16-12-7-10(13)8(6-11(12)15)5-9-3-2-4-14-9/h6-7,9,14-15H,2-5H2,1H3. The van der Waals surface area contributed by atoms with Crippen LogP contribution in [0.25, 0.3) is 0 Å². The van der Waals surface area contributed by atoms with E-state index in [9.17, 15) is 5.11 Å². The van der Waals surface area contributed by atoms with Crippen molar-refractivity contribution in [3.05, 3.63) is 22.2 Å². The molecule has 1 atom stereocenters. The maximum absolute atomic E-state index is 9.72. The molecule has 0 spiro atoms. The second-order valence-corrected chi connectivity index (χ2v) is 4.97. The molecule has 3 nitrogen and oxygen atoms in total. The van der Waals surface area contributed by atoms with Crippen LogP contribution in [0.4, 0.5) is 0 Å². The largest absolute Gasteiger partial charge is 0.504 e. The van der Waals surface area contributed by atoms with Crippen LogP contribution in [0.1, 0.15) is 18.4 Å². The summed E-state index contributed by atoms with van der Waals surface area (Å²) in [5.74, 6) is 0.716. The normalized spacial score (nSPS) is 20.0. The first-order valence-corrected chi connectivity index (χ1v) is 6.28. The van der Waals surface area contributed by atoms with Crippen LogP contribution < -0.4 is 10.1 Å². The maximum Gasteiger partial charge on any atom is 0.161 e. The zero-order valence-electron chi connectivity index (χ0n) is 9.29. The van der Waals surface area contributed by atoms with Gasteiger partial charge in [-0.1, -0.05) is 15.9 Å². The molecule has 88 valence electrons. The second kappa shape index (κ2) is 5.06. The van der Waals surface area contributed by atoms with Crippen LogP contribution in [-0.4, -0.2) is 24.8 Å². The molecule has 0 amide bonds. The van der Waals surface area contributed by atoms with Crippen LogP contribution >= 0.6 is 15.9 Å². The number of nitrogens with one attached hydrogen (secondary N) is 1. The third-order valence-corrected chi connectivity index (χ3v) is 3.71. The first-order chi connectivity index (χ1) is 7.70. The molecule has 2 rings (SSSR count). The smallest absolute Gasteiger partial charge is 0.161 e. The third-order valence-electron chi connectivity index (χ3n) is 2.98. The molecule has 16 heavy (non-hydrogen) atoms. The van der Waals surface area contributed by atoms with Crippen LogP contribution in [0.2, 0.25) is 0 Å². The van der Waals surface area contributed by atoms with Crippen molar-refractivity contribution in [2.45, 2.75) is 25.3 Å². The molecule has 1 aromatic rings. The molecule has 0 bridgehead atoms. The number of halogens is 1. The number of hydrogen-bond acceptors (Lipinski definition) is 3. The molecule has 0 radical (unpaired) electrons. The highest BCUT2D eigenvalue weighted by atomic mass is 79.9. The number of methoxy groups -OCH3 is 1. The van der Waals surface area contributed by atoms with Gasteiger partial charge in [0.2, 0.25) is 0 Å². The molecule has 2 N–H and O–H groups in total. The van der Waals surface area contributed by atoms with E-state index in [4.69, 9.17) is 4.74 Å². The van der Waals surface area contributed by atoms with E-state index in [0.29, 0.717) is 11.8 Å². The van der Waals surface area contributed by atoms with Gasteiger partial charge >= 0.3 is 0 Å². The Labute approximate surface area is 104 Å². The quantitative estimate of drug-likeness (QED) is 0.897. The lowest BCUT2D eigenvalue weighted by Gasteiger charge is -2.13. The van der Waals surface area contributed by atoms with E-state index < -0.39 is 0 Å². The molecule has 0 saturated carbocycles. The molecule has 4 heteroatoms. The van der Waals surface area contributed by atoms with Gasteiger partial charge in [-0.15, -0.1) is 0 Å². The molecule has 1 aliphatic heterocycles. The van der Waals surface area contributed by atoms with Crippen molar-refractivity contribution in [1.29, 1.82) is 0 Å². The number of aromatic hydroxyl groups is 1. The Morgan fingerprint density at radius 2 is 2.38 bits per heavy atom. The van der Waals surface area contributed by atoms with Gasteiger partial charge in [0.05, 0.1) is 7.11 Å². The number of phenols is 1. The Morgan fingerprint density at radius 3 is 3.00 bits per heavy atom. The molecular weight excluding hydrogens is 270 g/mol. The first-order valence-electron chi connectivity index (χ1n) is 5.49. The minimum absolute atomic E-state index is 0.207. The number of ether oxygens (including phenoxy) is 1. The summed E-state index contributed by atoms with van der Waals surface area (Å²) in [4.78, 5) is 0. The van der Waals surface area contributed by atoms with Crippen molar-refractivity contribution >= 4 is 15.9 Å². The molecule has 1 saturated heterocycles. The predicted octanol–water partition coefficient (Wildman–Crippen LogP) is 2.46. The van der Waals surface area contributed by atoms with Crippen molar-refractivity contribution in [2.75, 3.05) is 13.7 Å². The van der Waals surface area contributed by atoms with E-state index >= 15 is 0 Å². The molecule has 1 aliphatic rings. The summed E-state index contributed by atoms with van der Waals surface area (Å²) in [7, 11) is 1.56. The topological polar surface area (TPSA) is 41.5 Å². The Balaban J connectivity index is 2.17. The third kappa shape index (κ3) is 2.50. The maximum atomic E-state index is 9.72. The summed E-state index contributed by atoms with van der Waals surface area (Å²) >= 11 is 3.51. The monoisotopic (exact) mass is 285 g/mol. The van der Waals surface area contributed by atoms with Crippen molar-refractivity contribution in [3.8, 4) is 11.5 Å². The van der Waals surface area contributed by atoms with Crippen molar-refractivity contribution in [2.24, 2.45) is 0 Å². The van der Waals surface area contributed by atoms with Crippen LogP contribution in [0.5, 0.6) is 11.5 Å².